The first-order valence-corrected chi connectivity index (χ1v) is 9.41. The topological polar surface area (TPSA) is 56.3 Å². The first-order chi connectivity index (χ1) is 11.6. The summed E-state index contributed by atoms with van der Waals surface area (Å²) in [6, 6.07) is 11.2. The highest BCUT2D eigenvalue weighted by atomic mass is 35.5. The van der Waals surface area contributed by atoms with Crippen LogP contribution >= 0.6 is 34.3 Å². The van der Waals surface area contributed by atoms with Gasteiger partial charge in [0.15, 0.2) is 6.61 Å². The van der Waals surface area contributed by atoms with Crippen LogP contribution in [0.2, 0.25) is 4.34 Å². The van der Waals surface area contributed by atoms with Crippen LogP contribution < -0.4 is 0 Å². The minimum Gasteiger partial charge on any atom is -0.457 e. The molecule has 0 N–H and O–H groups in total. The molecule has 1 aromatic carbocycles. The molecule has 0 saturated carbocycles. The number of thiazole rings is 1. The highest BCUT2D eigenvalue weighted by Crippen LogP contribution is 2.23. The first kappa shape index (κ1) is 17.1. The van der Waals surface area contributed by atoms with Gasteiger partial charge in [-0.2, -0.15) is 0 Å². The lowest BCUT2D eigenvalue weighted by Gasteiger charge is -2.02. The minimum absolute atomic E-state index is 0.230. The third kappa shape index (κ3) is 4.41. The molecule has 3 aromatic rings. The fourth-order valence-electron chi connectivity index (χ4n) is 2.16. The molecule has 0 aliphatic heterocycles. The maximum Gasteiger partial charge on any atom is 0.306 e. The number of nitrogens with zero attached hydrogens (tertiary/aromatic N) is 1. The standard InChI is InChI=1S/C17H14ClNO3S2/c18-15-9-8-14(23-15)12(20)10-22-17(21)7-3-6-16-19-11-4-1-2-5-13(11)24-16/h1-2,4-5,8-9H,3,6-7,10H2. The molecule has 24 heavy (non-hydrogen) atoms. The Kier molecular flexibility index (Phi) is 5.60. The molecule has 0 aliphatic rings. The number of ketones is 1. The monoisotopic (exact) mass is 379 g/mol. The van der Waals surface area contributed by atoms with E-state index in [2.05, 4.69) is 4.98 Å². The van der Waals surface area contributed by atoms with E-state index >= 15 is 0 Å². The van der Waals surface area contributed by atoms with Crippen molar-refractivity contribution in [1.82, 2.24) is 4.98 Å². The van der Waals surface area contributed by atoms with Crippen LogP contribution in [-0.2, 0) is 16.0 Å². The molecule has 0 atom stereocenters. The number of rotatable bonds is 7. The zero-order valence-corrected chi connectivity index (χ0v) is 15.0. The molecule has 0 aliphatic carbocycles. The van der Waals surface area contributed by atoms with Crippen molar-refractivity contribution in [2.75, 3.05) is 6.61 Å². The molecule has 0 radical (unpaired) electrons. The van der Waals surface area contributed by atoms with E-state index in [0.29, 0.717) is 15.6 Å². The number of hydrogen-bond donors (Lipinski definition) is 0. The second kappa shape index (κ2) is 7.88. The van der Waals surface area contributed by atoms with Gasteiger partial charge >= 0.3 is 5.97 Å². The van der Waals surface area contributed by atoms with Gasteiger partial charge in [-0.1, -0.05) is 23.7 Å². The lowest BCUT2D eigenvalue weighted by Crippen LogP contribution is -2.13. The van der Waals surface area contributed by atoms with E-state index in [-0.39, 0.29) is 24.8 Å². The Labute approximate surface area is 152 Å². The average molecular weight is 380 g/mol. The van der Waals surface area contributed by atoms with Gasteiger partial charge in [-0.15, -0.1) is 22.7 Å². The number of Topliss-reactive ketones (excluding diaryl/α,β-unsaturated/α-hetero) is 1. The van der Waals surface area contributed by atoms with Crippen molar-refractivity contribution >= 4 is 56.2 Å². The molecular formula is C17H14ClNO3S2. The van der Waals surface area contributed by atoms with Crippen molar-refractivity contribution in [3.63, 3.8) is 0 Å². The number of halogens is 1. The van der Waals surface area contributed by atoms with E-state index in [0.717, 1.165) is 21.6 Å². The van der Waals surface area contributed by atoms with E-state index in [4.69, 9.17) is 16.3 Å². The summed E-state index contributed by atoms with van der Waals surface area (Å²) < 4.78 is 6.71. The number of carbonyl (C=O) groups excluding carboxylic acids is 2. The summed E-state index contributed by atoms with van der Waals surface area (Å²) in [6.07, 6.45) is 1.65. The van der Waals surface area contributed by atoms with Gasteiger partial charge < -0.3 is 4.74 Å². The number of esters is 1. The zero-order chi connectivity index (χ0) is 16.9. The minimum atomic E-state index is -0.368. The number of para-hydroxylation sites is 1. The molecule has 0 amide bonds. The van der Waals surface area contributed by atoms with Gasteiger partial charge in [-0.25, -0.2) is 4.98 Å². The van der Waals surface area contributed by atoms with Gasteiger partial charge in [-0.3, -0.25) is 9.59 Å². The Morgan fingerprint density at radius 3 is 2.71 bits per heavy atom. The second-order valence-corrected chi connectivity index (χ2v) is 7.95. The third-order valence-electron chi connectivity index (χ3n) is 3.32. The number of aryl methyl sites for hydroxylation is 1. The average Bonchev–Trinajstić information content (AvgIpc) is 3.18. The summed E-state index contributed by atoms with van der Waals surface area (Å²) in [7, 11) is 0. The molecule has 4 nitrogen and oxygen atoms in total. The van der Waals surface area contributed by atoms with E-state index in [1.807, 2.05) is 24.3 Å². The predicted molar refractivity (Wildman–Crippen MR) is 97.2 cm³/mol. The van der Waals surface area contributed by atoms with Crippen molar-refractivity contribution in [1.29, 1.82) is 0 Å². The van der Waals surface area contributed by atoms with Crippen LogP contribution in [0.5, 0.6) is 0 Å². The van der Waals surface area contributed by atoms with Crippen molar-refractivity contribution < 1.29 is 14.3 Å². The molecule has 124 valence electrons. The second-order valence-electron chi connectivity index (χ2n) is 5.12. The number of fused-ring (bicyclic) bond motifs is 1. The van der Waals surface area contributed by atoms with Gasteiger partial charge in [0.05, 0.1) is 24.4 Å². The van der Waals surface area contributed by atoms with Crippen molar-refractivity contribution in [3.05, 3.63) is 50.6 Å². The van der Waals surface area contributed by atoms with Crippen LogP contribution in [0.4, 0.5) is 0 Å². The van der Waals surface area contributed by atoms with Gasteiger partial charge in [0.25, 0.3) is 0 Å². The van der Waals surface area contributed by atoms with Crippen LogP contribution in [-0.4, -0.2) is 23.3 Å². The molecule has 2 heterocycles. The number of thiophene rings is 1. The summed E-state index contributed by atoms with van der Waals surface area (Å²) in [5.41, 5.74) is 0.986. The molecule has 0 spiro atoms. The SMILES string of the molecule is O=C(CCCc1nc2ccccc2s1)OCC(=O)c1ccc(Cl)s1. The Bertz CT molecular complexity index is 838. The number of carbonyl (C=O) groups is 2. The van der Waals surface area contributed by atoms with E-state index in [1.54, 1.807) is 23.5 Å². The van der Waals surface area contributed by atoms with Crippen LogP contribution in [0, 0.1) is 0 Å². The van der Waals surface area contributed by atoms with Crippen LogP contribution in [0.1, 0.15) is 27.5 Å². The van der Waals surface area contributed by atoms with Gasteiger partial charge in [-0.05, 0) is 37.1 Å². The van der Waals surface area contributed by atoms with Gasteiger partial charge in [0.2, 0.25) is 5.78 Å². The molecule has 0 bridgehead atoms. The highest BCUT2D eigenvalue weighted by molar-refractivity contribution is 7.18. The van der Waals surface area contributed by atoms with Crippen LogP contribution in [0.25, 0.3) is 10.2 Å². The molecule has 0 fully saturated rings. The third-order valence-corrected chi connectivity index (χ3v) is 5.69. The zero-order valence-electron chi connectivity index (χ0n) is 12.7. The summed E-state index contributed by atoms with van der Waals surface area (Å²) in [5, 5.41) is 1.01. The Hall–Kier alpha value is -1.76. The molecule has 7 heteroatoms. The number of aromatic nitrogens is 1. The molecule has 2 aromatic heterocycles. The largest absolute Gasteiger partial charge is 0.457 e. The summed E-state index contributed by atoms with van der Waals surface area (Å²) in [6.45, 7) is -0.239. The quantitative estimate of drug-likeness (QED) is 0.438. The fourth-order valence-corrected chi connectivity index (χ4v) is 4.14. The Balaban J connectivity index is 1.41. The lowest BCUT2D eigenvalue weighted by atomic mass is 10.2. The normalized spacial score (nSPS) is 10.9. The lowest BCUT2D eigenvalue weighted by molar-refractivity contribution is -0.142. The predicted octanol–water partition coefficient (Wildman–Crippen LogP) is 4.76. The van der Waals surface area contributed by atoms with Crippen LogP contribution in [0.3, 0.4) is 0 Å². The van der Waals surface area contributed by atoms with Gasteiger partial charge in [0.1, 0.15) is 0 Å². The van der Waals surface area contributed by atoms with E-state index in [9.17, 15) is 9.59 Å². The maximum absolute atomic E-state index is 11.8. The summed E-state index contributed by atoms with van der Waals surface area (Å²) in [4.78, 5) is 28.6. The number of ether oxygens (including phenoxy) is 1. The Morgan fingerprint density at radius 1 is 1.12 bits per heavy atom. The summed E-state index contributed by atoms with van der Waals surface area (Å²) in [5.74, 6) is -0.599. The van der Waals surface area contributed by atoms with E-state index < -0.39 is 0 Å². The fraction of sp³-hybridized carbons (Fsp3) is 0.235. The smallest absolute Gasteiger partial charge is 0.306 e. The van der Waals surface area contributed by atoms with Gasteiger partial charge in [0, 0.05) is 6.42 Å². The van der Waals surface area contributed by atoms with Crippen molar-refractivity contribution in [2.45, 2.75) is 19.3 Å². The molecule has 0 unspecified atom stereocenters. The molecular weight excluding hydrogens is 366 g/mol. The van der Waals surface area contributed by atoms with E-state index in [1.165, 1.54) is 11.3 Å². The molecule has 3 rings (SSSR count). The number of benzene rings is 1. The highest BCUT2D eigenvalue weighted by Gasteiger charge is 2.12. The van der Waals surface area contributed by atoms with Crippen molar-refractivity contribution in [2.24, 2.45) is 0 Å². The number of hydrogen-bond acceptors (Lipinski definition) is 6. The first-order valence-electron chi connectivity index (χ1n) is 7.40. The van der Waals surface area contributed by atoms with Crippen molar-refractivity contribution in [3.8, 4) is 0 Å². The maximum atomic E-state index is 11.8. The molecule has 0 saturated heterocycles. The summed E-state index contributed by atoms with van der Waals surface area (Å²) >= 11 is 8.60. The Morgan fingerprint density at radius 2 is 1.96 bits per heavy atom. The van der Waals surface area contributed by atoms with Crippen LogP contribution in [0.15, 0.2) is 36.4 Å².